The first kappa shape index (κ1) is 13.4. The molecule has 21 heavy (non-hydrogen) atoms. The number of anilines is 1. The summed E-state index contributed by atoms with van der Waals surface area (Å²) in [5.74, 6) is 0.750. The second kappa shape index (κ2) is 5.40. The Morgan fingerprint density at radius 1 is 1.19 bits per heavy atom. The number of nitrogens with zero attached hydrogens (tertiary/aromatic N) is 1. The number of carbonyl (C=O) groups is 2. The highest BCUT2D eigenvalue weighted by Crippen LogP contribution is 2.29. The van der Waals surface area contributed by atoms with Crippen molar-refractivity contribution in [2.75, 3.05) is 11.9 Å². The Balaban J connectivity index is 1.76. The van der Waals surface area contributed by atoms with E-state index in [9.17, 15) is 9.59 Å². The zero-order chi connectivity index (χ0) is 14.8. The van der Waals surface area contributed by atoms with Crippen molar-refractivity contribution in [2.45, 2.75) is 12.5 Å². The predicted octanol–water partition coefficient (Wildman–Crippen LogP) is 2.47. The second-order valence-electron chi connectivity index (χ2n) is 5.05. The van der Waals surface area contributed by atoms with Crippen molar-refractivity contribution in [2.24, 2.45) is 0 Å². The number of amides is 1. The second-order valence-corrected chi connectivity index (χ2v) is 5.05. The maximum Gasteiger partial charge on any atom is 0.213 e. The minimum Gasteiger partial charge on any atom is -0.482 e. The monoisotopic (exact) mass is 281 g/mol. The first-order chi connectivity index (χ1) is 10.2. The van der Waals surface area contributed by atoms with Crippen LogP contribution in [0.25, 0.3) is 0 Å². The summed E-state index contributed by atoms with van der Waals surface area (Å²) in [6, 6.07) is 14.7. The van der Waals surface area contributed by atoms with E-state index in [2.05, 4.69) is 0 Å². The molecule has 0 bridgehead atoms. The molecule has 0 fully saturated rings. The van der Waals surface area contributed by atoms with Crippen LogP contribution >= 0.6 is 0 Å². The molecule has 0 N–H and O–H groups in total. The van der Waals surface area contributed by atoms with Crippen molar-refractivity contribution in [1.29, 1.82) is 0 Å². The molecule has 0 saturated heterocycles. The van der Waals surface area contributed by atoms with E-state index >= 15 is 0 Å². The standard InChI is InChI=1S/C17H15NO3/c1-18(11-19)14-8-6-12(7-9-14)17(20)16-10-13-4-2-3-5-15(13)21-16/h2-9,11,16H,10H2,1H3. The lowest BCUT2D eigenvalue weighted by Gasteiger charge is -2.12. The number of Topliss-reactive ketones (excluding diaryl/α,β-unsaturated/α-hetero) is 1. The van der Waals surface area contributed by atoms with E-state index in [0.717, 1.165) is 23.4 Å². The normalized spacial score (nSPS) is 16.0. The number of benzene rings is 2. The highest BCUT2D eigenvalue weighted by Gasteiger charge is 2.29. The van der Waals surface area contributed by atoms with Gasteiger partial charge in [-0.15, -0.1) is 0 Å². The number of ether oxygens (including phenoxy) is 1. The van der Waals surface area contributed by atoms with Crippen LogP contribution in [-0.4, -0.2) is 25.3 Å². The van der Waals surface area contributed by atoms with Crippen LogP contribution in [-0.2, 0) is 11.2 Å². The lowest BCUT2D eigenvalue weighted by molar-refractivity contribution is -0.107. The van der Waals surface area contributed by atoms with Gasteiger partial charge in [-0.2, -0.15) is 0 Å². The van der Waals surface area contributed by atoms with Crippen LogP contribution in [0.3, 0.4) is 0 Å². The summed E-state index contributed by atoms with van der Waals surface area (Å²) in [5.41, 5.74) is 2.40. The molecule has 3 rings (SSSR count). The first-order valence-electron chi connectivity index (χ1n) is 6.76. The van der Waals surface area contributed by atoms with E-state index in [4.69, 9.17) is 4.74 Å². The fourth-order valence-electron chi connectivity index (χ4n) is 2.44. The van der Waals surface area contributed by atoms with Crippen LogP contribution < -0.4 is 9.64 Å². The van der Waals surface area contributed by atoms with Crippen molar-refractivity contribution in [3.63, 3.8) is 0 Å². The maximum atomic E-state index is 12.5. The number of hydrogen-bond acceptors (Lipinski definition) is 3. The van der Waals surface area contributed by atoms with Gasteiger partial charge in [0.25, 0.3) is 0 Å². The topological polar surface area (TPSA) is 46.6 Å². The van der Waals surface area contributed by atoms with E-state index in [1.54, 1.807) is 31.3 Å². The number of carbonyl (C=O) groups excluding carboxylic acids is 2. The predicted molar refractivity (Wildman–Crippen MR) is 79.8 cm³/mol. The smallest absolute Gasteiger partial charge is 0.213 e. The number of para-hydroxylation sites is 1. The molecule has 1 unspecified atom stereocenters. The van der Waals surface area contributed by atoms with Gasteiger partial charge in [-0.25, -0.2) is 0 Å². The minimum absolute atomic E-state index is 0.0356. The Bertz CT molecular complexity index is 654. The molecule has 1 atom stereocenters. The van der Waals surface area contributed by atoms with Crippen LogP contribution in [0.4, 0.5) is 5.69 Å². The summed E-state index contributed by atoms with van der Waals surface area (Å²) in [6.45, 7) is 0. The number of rotatable bonds is 4. The van der Waals surface area contributed by atoms with E-state index < -0.39 is 6.10 Å². The fraction of sp³-hybridized carbons (Fsp3) is 0.176. The summed E-state index contributed by atoms with van der Waals surface area (Å²) >= 11 is 0. The molecule has 106 valence electrons. The van der Waals surface area contributed by atoms with Crippen molar-refractivity contribution in [3.05, 3.63) is 59.7 Å². The Morgan fingerprint density at radius 3 is 2.57 bits per heavy atom. The number of ketones is 1. The van der Waals surface area contributed by atoms with E-state index in [-0.39, 0.29) is 5.78 Å². The van der Waals surface area contributed by atoms with Gasteiger partial charge in [0.15, 0.2) is 6.10 Å². The third-order valence-electron chi connectivity index (χ3n) is 3.66. The van der Waals surface area contributed by atoms with Crippen molar-refractivity contribution in [3.8, 4) is 5.75 Å². The highest BCUT2D eigenvalue weighted by molar-refractivity contribution is 6.00. The molecule has 0 aromatic heterocycles. The molecule has 4 nitrogen and oxygen atoms in total. The summed E-state index contributed by atoms with van der Waals surface area (Å²) in [7, 11) is 1.67. The Hall–Kier alpha value is -2.62. The molecule has 0 saturated carbocycles. The third-order valence-corrected chi connectivity index (χ3v) is 3.66. The quantitative estimate of drug-likeness (QED) is 0.639. The number of fused-ring (bicyclic) bond motifs is 1. The van der Waals surface area contributed by atoms with Crippen LogP contribution in [0.5, 0.6) is 5.75 Å². The zero-order valence-corrected chi connectivity index (χ0v) is 11.7. The molecule has 1 amide bonds. The van der Waals surface area contributed by atoms with E-state index in [0.29, 0.717) is 12.0 Å². The molecule has 0 aliphatic carbocycles. The molecular weight excluding hydrogens is 266 g/mol. The molecule has 1 aliphatic heterocycles. The van der Waals surface area contributed by atoms with Crippen LogP contribution in [0.15, 0.2) is 48.5 Å². The first-order valence-corrected chi connectivity index (χ1v) is 6.76. The van der Waals surface area contributed by atoms with Gasteiger partial charge >= 0.3 is 0 Å². The van der Waals surface area contributed by atoms with Crippen molar-refractivity contribution >= 4 is 17.9 Å². The minimum atomic E-state index is -0.461. The van der Waals surface area contributed by atoms with E-state index in [1.807, 2.05) is 24.3 Å². The van der Waals surface area contributed by atoms with Gasteiger partial charge in [0.1, 0.15) is 5.75 Å². The van der Waals surface area contributed by atoms with Gasteiger partial charge in [-0.3, -0.25) is 9.59 Å². The molecule has 1 heterocycles. The van der Waals surface area contributed by atoms with Gasteiger partial charge in [-0.05, 0) is 35.9 Å². The highest BCUT2D eigenvalue weighted by atomic mass is 16.5. The fourth-order valence-corrected chi connectivity index (χ4v) is 2.44. The zero-order valence-electron chi connectivity index (χ0n) is 11.7. The van der Waals surface area contributed by atoms with Crippen molar-refractivity contribution in [1.82, 2.24) is 0 Å². The molecule has 2 aromatic carbocycles. The lowest BCUT2D eigenvalue weighted by atomic mass is 10.0. The van der Waals surface area contributed by atoms with Gasteiger partial charge in [-0.1, -0.05) is 18.2 Å². The average Bonchev–Trinajstić information content (AvgIpc) is 2.97. The van der Waals surface area contributed by atoms with E-state index in [1.165, 1.54) is 4.90 Å². The third kappa shape index (κ3) is 2.52. The summed E-state index contributed by atoms with van der Waals surface area (Å²) in [4.78, 5) is 24.6. The Labute approximate surface area is 123 Å². The summed E-state index contributed by atoms with van der Waals surface area (Å²) in [5, 5.41) is 0. The lowest BCUT2D eigenvalue weighted by Crippen LogP contribution is -2.25. The van der Waals surface area contributed by atoms with Gasteiger partial charge in [0.05, 0.1) is 0 Å². The molecule has 0 spiro atoms. The number of hydrogen-bond donors (Lipinski definition) is 0. The van der Waals surface area contributed by atoms with Gasteiger partial charge in [0.2, 0.25) is 12.2 Å². The van der Waals surface area contributed by atoms with Gasteiger partial charge < -0.3 is 9.64 Å². The molecule has 1 aliphatic rings. The molecule has 2 aromatic rings. The van der Waals surface area contributed by atoms with Crippen molar-refractivity contribution < 1.29 is 14.3 Å². The Morgan fingerprint density at radius 2 is 1.90 bits per heavy atom. The molecular formula is C17H15NO3. The van der Waals surface area contributed by atoms with Gasteiger partial charge in [0, 0.05) is 24.7 Å². The molecule has 4 heteroatoms. The SMILES string of the molecule is CN(C=O)c1ccc(C(=O)C2Cc3ccccc3O2)cc1. The average molecular weight is 281 g/mol. The Kier molecular flexibility index (Phi) is 3.44. The van der Waals surface area contributed by atoms with Crippen LogP contribution in [0.2, 0.25) is 0 Å². The van der Waals surface area contributed by atoms with Crippen LogP contribution in [0, 0.1) is 0 Å². The van der Waals surface area contributed by atoms with Crippen LogP contribution in [0.1, 0.15) is 15.9 Å². The largest absolute Gasteiger partial charge is 0.482 e. The molecule has 0 radical (unpaired) electrons. The maximum absolute atomic E-state index is 12.5. The summed E-state index contributed by atoms with van der Waals surface area (Å²) < 4.78 is 5.71. The summed E-state index contributed by atoms with van der Waals surface area (Å²) in [6.07, 6.45) is 0.871.